The summed E-state index contributed by atoms with van der Waals surface area (Å²) in [5, 5.41) is 11.3. The Morgan fingerprint density at radius 2 is 2.09 bits per heavy atom. The maximum Gasteiger partial charge on any atom is 0.433 e. The van der Waals surface area contributed by atoms with Crippen molar-refractivity contribution in [2.45, 2.75) is 13.0 Å². The lowest BCUT2D eigenvalue weighted by Gasteiger charge is -2.25. The van der Waals surface area contributed by atoms with Crippen molar-refractivity contribution in [3.05, 3.63) is 87.8 Å². The zero-order valence-corrected chi connectivity index (χ0v) is 19.1. The number of aromatic nitrogens is 1. The van der Waals surface area contributed by atoms with Crippen LogP contribution in [0.25, 0.3) is 6.08 Å². The van der Waals surface area contributed by atoms with Crippen LogP contribution >= 0.6 is 22.9 Å². The van der Waals surface area contributed by atoms with Gasteiger partial charge in [0, 0.05) is 16.7 Å². The second-order valence-corrected chi connectivity index (χ2v) is 8.34. The Kier molecular flexibility index (Phi) is 5.91. The Bertz CT molecular complexity index is 1500. The van der Waals surface area contributed by atoms with Gasteiger partial charge in [0.05, 0.1) is 36.1 Å². The van der Waals surface area contributed by atoms with Gasteiger partial charge in [0.25, 0.3) is 5.56 Å². The molecule has 0 aliphatic carbocycles. The van der Waals surface area contributed by atoms with Crippen molar-refractivity contribution in [3.63, 3.8) is 0 Å². The van der Waals surface area contributed by atoms with Gasteiger partial charge in [-0.25, -0.2) is 9.79 Å². The van der Waals surface area contributed by atoms with Gasteiger partial charge in [-0.05, 0) is 31.2 Å². The second kappa shape index (κ2) is 8.68. The zero-order chi connectivity index (χ0) is 23.9. The third-order valence-corrected chi connectivity index (χ3v) is 6.20. The predicted molar refractivity (Wildman–Crippen MR) is 119 cm³/mol. The van der Waals surface area contributed by atoms with Crippen LogP contribution in [0, 0.1) is 10.1 Å². The number of hydrogen-bond acceptors (Lipinski definition) is 9. The minimum Gasteiger partial charge on any atom is -0.496 e. The van der Waals surface area contributed by atoms with Crippen LogP contribution in [0.3, 0.4) is 0 Å². The molecule has 0 bridgehead atoms. The van der Waals surface area contributed by atoms with Gasteiger partial charge >= 0.3 is 11.9 Å². The van der Waals surface area contributed by atoms with E-state index in [2.05, 4.69) is 4.99 Å². The van der Waals surface area contributed by atoms with E-state index in [0.29, 0.717) is 26.8 Å². The first-order valence-electron chi connectivity index (χ1n) is 9.43. The highest BCUT2D eigenvalue weighted by molar-refractivity contribution is 7.07. The van der Waals surface area contributed by atoms with Crippen LogP contribution in [0.1, 0.15) is 24.3 Å². The van der Waals surface area contributed by atoms with E-state index in [1.54, 1.807) is 25.1 Å². The number of hydrogen-bond donors (Lipinski definition) is 0. The normalized spacial score (nSPS) is 15.8. The number of benzene rings is 1. The van der Waals surface area contributed by atoms with Crippen LogP contribution < -0.4 is 19.6 Å². The van der Waals surface area contributed by atoms with Crippen molar-refractivity contribution in [3.8, 4) is 5.75 Å². The number of thiazole rings is 1. The number of rotatable bonds is 5. The van der Waals surface area contributed by atoms with Crippen LogP contribution in [0.4, 0.5) is 5.88 Å². The Morgan fingerprint density at radius 1 is 1.33 bits per heavy atom. The monoisotopic (exact) mass is 489 g/mol. The van der Waals surface area contributed by atoms with E-state index in [1.807, 2.05) is 0 Å². The van der Waals surface area contributed by atoms with Crippen LogP contribution in [0.5, 0.6) is 5.75 Å². The minimum atomic E-state index is -0.921. The Balaban J connectivity index is 2.00. The van der Waals surface area contributed by atoms with E-state index in [9.17, 15) is 19.7 Å². The van der Waals surface area contributed by atoms with Gasteiger partial charge < -0.3 is 13.9 Å². The maximum absolute atomic E-state index is 13.4. The summed E-state index contributed by atoms with van der Waals surface area (Å²) in [6.07, 6.45) is 1.39. The number of carbonyl (C=O) groups is 1. The summed E-state index contributed by atoms with van der Waals surface area (Å²) in [7, 11) is 2.71. The van der Waals surface area contributed by atoms with Crippen LogP contribution in [-0.4, -0.2) is 29.7 Å². The molecule has 1 aliphatic heterocycles. The highest BCUT2D eigenvalue weighted by Crippen LogP contribution is 2.37. The number of fused-ring (bicyclic) bond motifs is 1. The lowest BCUT2D eigenvalue weighted by Crippen LogP contribution is -2.40. The molecule has 12 heteroatoms. The van der Waals surface area contributed by atoms with Crippen LogP contribution in [0.15, 0.2) is 55.8 Å². The number of halogens is 1. The highest BCUT2D eigenvalue weighted by Gasteiger charge is 2.35. The molecule has 4 rings (SSSR count). The van der Waals surface area contributed by atoms with E-state index in [0.717, 1.165) is 11.3 Å². The molecule has 0 amide bonds. The van der Waals surface area contributed by atoms with Crippen molar-refractivity contribution in [1.29, 1.82) is 0 Å². The molecule has 0 spiro atoms. The maximum atomic E-state index is 13.4. The number of esters is 1. The molecule has 33 heavy (non-hydrogen) atoms. The van der Waals surface area contributed by atoms with Gasteiger partial charge in [-0.15, -0.1) is 0 Å². The predicted octanol–water partition coefficient (Wildman–Crippen LogP) is 2.57. The number of methoxy groups -OCH3 is 2. The van der Waals surface area contributed by atoms with Crippen LogP contribution in [0.2, 0.25) is 5.02 Å². The molecule has 0 N–H and O–H groups in total. The zero-order valence-electron chi connectivity index (χ0n) is 17.5. The number of nitrogens with zero attached hydrogens (tertiary/aromatic N) is 3. The molecular formula is C21H16ClN3O7S. The average Bonchev–Trinajstić information content (AvgIpc) is 3.37. The molecule has 3 heterocycles. The van der Waals surface area contributed by atoms with Gasteiger partial charge in [-0.1, -0.05) is 22.9 Å². The van der Waals surface area contributed by atoms with Crippen molar-refractivity contribution in [1.82, 2.24) is 4.57 Å². The number of allylic oxidation sites excluding steroid dienone is 1. The van der Waals surface area contributed by atoms with Gasteiger partial charge in [0.1, 0.15) is 22.5 Å². The minimum absolute atomic E-state index is 0.132. The first-order chi connectivity index (χ1) is 15.7. The summed E-state index contributed by atoms with van der Waals surface area (Å²) in [6.45, 7) is 1.64. The molecule has 1 aromatic carbocycles. The third kappa shape index (κ3) is 3.96. The molecule has 1 atom stereocenters. The van der Waals surface area contributed by atoms with Crippen molar-refractivity contribution in [2.24, 2.45) is 4.99 Å². The van der Waals surface area contributed by atoms with E-state index in [-0.39, 0.29) is 15.9 Å². The van der Waals surface area contributed by atoms with Crippen molar-refractivity contribution < 1.29 is 23.6 Å². The van der Waals surface area contributed by atoms with E-state index in [1.165, 1.54) is 37.0 Å². The summed E-state index contributed by atoms with van der Waals surface area (Å²) in [5.74, 6) is -0.553. The molecule has 2 aromatic heterocycles. The van der Waals surface area contributed by atoms with Crippen molar-refractivity contribution in [2.75, 3.05) is 14.2 Å². The first kappa shape index (κ1) is 22.5. The van der Waals surface area contributed by atoms with Gasteiger partial charge in [-0.3, -0.25) is 19.5 Å². The molecule has 0 saturated carbocycles. The molecule has 0 fully saturated rings. The number of furan rings is 1. The summed E-state index contributed by atoms with van der Waals surface area (Å²) >= 11 is 7.28. The van der Waals surface area contributed by atoms with Gasteiger partial charge in [0.15, 0.2) is 4.80 Å². The third-order valence-electron chi connectivity index (χ3n) is 4.98. The summed E-state index contributed by atoms with van der Waals surface area (Å²) < 4.78 is 17.1. The van der Waals surface area contributed by atoms with E-state index >= 15 is 0 Å². The van der Waals surface area contributed by atoms with Crippen LogP contribution in [-0.2, 0) is 9.53 Å². The fourth-order valence-corrected chi connectivity index (χ4v) is 4.76. The average molecular weight is 490 g/mol. The fraction of sp³-hybridized carbons (Fsp3) is 0.190. The summed E-state index contributed by atoms with van der Waals surface area (Å²) in [4.78, 5) is 41.1. The fourth-order valence-electron chi connectivity index (χ4n) is 3.55. The molecule has 10 nitrogen and oxygen atoms in total. The highest BCUT2D eigenvalue weighted by atomic mass is 35.5. The number of ether oxygens (including phenoxy) is 2. The van der Waals surface area contributed by atoms with E-state index < -0.39 is 28.4 Å². The number of carbonyl (C=O) groups excluding carboxylic acids is 1. The Hall–Kier alpha value is -3.70. The number of nitro groups is 1. The summed E-state index contributed by atoms with van der Waals surface area (Å²) in [6, 6.07) is 6.54. The Labute approximate surface area is 194 Å². The van der Waals surface area contributed by atoms with Gasteiger partial charge in [-0.2, -0.15) is 0 Å². The second-order valence-electron chi connectivity index (χ2n) is 6.89. The molecule has 0 unspecified atom stereocenters. The summed E-state index contributed by atoms with van der Waals surface area (Å²) in [5.41, 5.74) is 0.528. The quantitative estimate of drug-likeness (QED) is 0.306. The molecular weight excluding hydrogens is 474 g/mol. The lowest BCUT2D eigenvalue weighted by atomic mass is 9.95. The molecule has 0 saturated heterocycles. The first-order valence-corrected chi connectivity index (χ1v) is 10.6. The molecule has 3 aromatic rings. The smallest absolute Gasteiger partial charge is 0.433 e. The largest absolute Gasteiger partial charge is 0.496 e. The standard InChI is InChI=1S/C21H16ClN3O7S/c1-10-17(20(27)31-3)18(13-8-11(22)4-6-14(13)30-2)24-19(26)15(33-21(24)23-10)9-12-5-7-16(32-12)25(28)29/h4-9,18H,1-3H3/b15-9+/t18-/m1/s1. The van der Waals surface area contributed by atoms with Crippen molar-refractivity contribution >= 4 is 40.9 Å². The SMILES string of the molecule is COC(=O)C1=C(C)N=c2s/c(=C/c3ccc([N+](=O)[O-])o3)c(=O)n2[C@@H]1c1cc(Cl)ccc1OC. The topological polar surface area (TPSA) is 126 Å². The molecule has 0 radical (unpaired) electrons. The molecule has 1 aliphatic rings. The van der Waals surface area contributed by atoms with Gasteiger partial charge in [0.2, 0.25) is 0 Å². The van der Waals surface area contributed by atoms with E-state index in [4.69, 9.17) is 25.5 Å². The molecule has 170 valence electrons. The lowest BCUT2D eigenvalue weighted by molar-refractivity contribution is -0.402. The Morgan fingerprint density at radius 3 is 2.73 bits per heavy atom.